The van der Waals surface area contributed by atoms with Gasteiger partial charge in [-0.2, -0.15) is 18.2 Å². The van der Waals surface area contributed by atoms with Gasteiger partial charge in [-0.1, -0.05) is 18.2 Å². The van der Waals surface area contributed by atoms with Gasteiger partial charge in [0.1, 0.15) is 5.39 Å². The maximum Gasteiger partial charge on any atom is 0.423 e. The van der Waals surface area contributed by atoms with Crippen molar-refractivity contribution >= 4 is 22.7 Å². The number of aryl methyl sites for hydroxylation is 1. The molecule has 1 fully saturated rings. The van der Waals surface area contributed by atoms with Crippen LogP contribution in [0.3, 0.4) is 0 Å². The maximum atomic E-state index is 13.8. The quantitative estimate of drug-likeness (QED) is 0.326. The minimum Gasteiger partial charge on any atom is -0.375 e. The lowest BCUT2D eigenvalue weighted by molar-refractivity contribution is -0.266. The number of allylic oxidation sites excluding steroid dienone is 1. The van der Waals surface area contributed by atoms with E-state index in [0.29, 0.717) is 5.56 Å². The second-order valence-corrected chi connectivity index (χ2v) is 10.8. The van der Waals surface area contributed by atoms with Gasteiger partial charge in [-0.05, 0) is 60.6 Å². The zero-order valence-electron chi connectivity index (χ0n) is 21.4. The molecule has 3 N–H and O–H groups in total. The standard InChI is InChI=1S/C28H26F3N7O2/c1-2-11-37-24(39)19-14-33-25(34-18-4-5-20-17(12-18)13-32-15-26(20)9-10-26)36-23(19)38(37)21-6-3-16-7-8-27(40,22(16)35-21)28(29,30)31/h2-6,12,14,32,40H,1,7-11,13,15H2,(H,33,34,36)/t27-/m0/s1. The number of fused-ring (bicyclic) bond motifs is 4. The Morgan fingerprint density at radius 2 is 1.98 bits per heavy atom. The molecule has 1 saturated carbocycles. The van der Waals surface area contributed by atoms with Gasteiger partial charge in [-0.3, -0.25) is 4.79 Å². The van der Waals surface area contributed by atoms with E-state index < -0.39 is 29.5 Å². The Labute approximate surface area is 226 Å². The summed E-state index contributed by atoms with van der Waals surface area (Å²) in [6.07, 6.45) is -0.129. The van der Waals surface area contributed by atoms with Crippen LogP contribution in [0.4, 0.5) is 24.8 Å². The van der Waals surface area contributed by atoms with Gasteiger partial charge >= 0.3 is 6.18 Å². The molecule has 0 saturated heterocycles. The summed E-state index contributed by atoms with van der Waals surface area (Å²) in [7, 11) is 0. The topological polar surface area (TPSA) is 110 Å². The smallest absolute Gasteiger partial charge is 0.375 e. The monoisotopic (exact) mass is 549 g/mol. The van der Waals surface area contributed by atoms with Crippen LogP contribution in [0.15, 0.2) is 54.0 Å². The van der Waals surface area contributed by atoms with Gasteiger partial charge in [-0.15, -0.1) is 6.58 Å². The molecule has 9 nitrogen and oxygen atoms in total. The first-order valence-electron chi connectivity index (χ1n) is 13.1. The average Bonchev–Trinajstić information content (AvgIpc) is 3.53. The highest BCUT2D eigenvalue weighted by atomic mass is 19.4. The molecule has 4 heterocycles. The highest BCUT2D eigenvalue weighted by Crippen LogP contribution is 2.51. The molecule has 1 spiro atoms. The predicted molar refractivity (Wildman–Crippen MR) is 142 cm³/mol. The van der Waals surface area contributed by atoms with E-state index in [2.05, 4.69) is 44.3 Å². The largest absolute Gasteiger partial charge is 0.423 e. The summed E-state index contributed by atoms with van der Waals surface area (Å²) >= 11 is 0. The summed E-state index contributed by atoms with van der Waals surface area (Å²) in [5.41, 5.74) is 0.118. The number of benzene rings is 1. The minimum absolute atomic E-state index is 0.0245. The minimum atomic E-state index is -4.90. The Morgan fingerprint density at radius 1 is 1.15 bits per heavy atom. The third kappa shape index (κ3) is 3.62. The van der Waals surface area contributed by atoms with E-state index in [0.717, 1.165) is 18.8 Å². The summed E-state index contributed by atoms with van der Waals surface area (Å²) in [6, 6.07) is 9.21. The highest BCUT2D eigenvalue weighted by Gasteiger charge is 2.59. The molecule has 4 aromatic rings. The molecule has 206 valence electrons. The van der Waals surface area contributed by atoms with Crippen molar-refractivity contribution in [3.05, 3.63) is 81.9 Å². The van der Waals surface area contributed by atoms with Crippen LogP contribution in [0.2, 0.25) is 0 Å². The van der Waals surface area contributed by atoms with E-state index in [9.17, 15) is 23.1 Å². The van der Waals surface area contributed by atoms with Crippen LogP contribution in [0.1, 0.15) is 41.6 Å². The molecule has 3 aliphatic rings. The van der Waals surface area contributed by atoms with Crippen LogP contribution < -0.4 is 16.2 Å². The second kappa shape index (κ2) is 8.48. The zero-order chi connectivity index (χ0) is 27.9. The fourth-order valence-corrected chi connectivity index (χ4v) is 6.07. The third-order valence-corrected chi connectivity index (χ3v) is 8.34. The highest BCUT2D eigenvalue weighted by molar-refractivity contribution is 5.77. The SMILES string of the molecule is C=CCn1c(=O)c2cnc(Nc3ccc4c(c3)CNCC43CC3)nc2n1-c1ccc2c(n1)[C@](O)(C(F)(F)F)CC2. The number of hydrogen-bond donors (Lipinski definition) is 3. The molecule has 0 amide bonds. The van der Waals surface area contributed by atoms with Crippen molar-refractivity contribution in [3.63, 3.8) is 0 Å². The summed E-state index contributed by atoms with van der Waals surface area (Å²) in [5.74, 6) is 0.242. The van der Waals surface area contributed by atoms with Crippen molar-refractivity contribution < 1.29 is 18.3 Å². The van der Waals surface area contributed by atoms with E-state index in [1.807, 2.05) is 6.07 Å². The molecule has 12 heteroatoms. The van der Waals surface area contributed by atoms with Gasteiger partial charge in [0.05, 0.1) is 12.2 Å². The summed E-state index contributed by atoms with van der Waals surface area (Å²) in [5, 5.41) is 17.4. The number of aromatic nitrogens is 5. The van der Waals surface area contributed by atoms with Crippen molar-refractivity contribution in [2.45, 2.75) is 56.0 Å². The fraction of sp³-hybridized carbons (Fsp3) is 0.357. The lowest BCUT2D eigenvalue weighted by Gasteiger charge is -2.26. The number of alkyl halides is 3. The average molecular weight is 550 g/mol. The molecule has 2 aliphatic carbocycles. The predicted octanol–water partition coefficient (Wildman–Crippen LogP) is 3.74. The normalized spacial score (nSPS) is 20.9. The fourth-order valence-electron chi connectivity index (χ4n) is 6.07. The van der Waals surface area contributed by atoms with Gasteiger partial charge in [0, 0.05) is 30.4 Å². The Bertz CT molecular complexity index is 1760. The van der Waals surface area contributed by atoms with Crippen LogP contribution >= 0.6 is 0 Å². The molecular formula is C28H26F3N7O2. The van der Waals surface area contributed by atoms with Gasteiger partial charge in [0.25, 0.3) is 5.56 Å². The van der Waals surface area contributed by atoms with E-state index in [-0.39, 0.29) is 41.2 Å². The van der Waals surface area contributed by atoms with Crippen LogP contribution in [0.5, 0.6) is 0 Å². The number of halogens is 3. The molecule has 7 rings (SSSR count). The molecule has 40 heavy (non-hydrogen) atoms. The van der Waals surface area contributed by atoms with Gasteiger partial charge < -0.3 is 15.7 Å². The van der Waals surface area contributed by atoms with E-state index in [1.165, 1.54) is 57.7 Å². The number of nitrogens with one attached hydrogen (secondary N) is 2. The molecule has 0 radical (unpaired) electrons. The van der Waals surface area contributed by atoms with Gasteiger partial charge in [0.15, 0.2) is 11.5 Å². The van der Waals surface area contributed by atoms with Crippen LogP contribution in [0.25, 0.3) is 16.9 Å². The lowest BCUT2D eigenvalue weighted by Crippen LogP contribution is -2.41. The summed E-state index contributed by atoms with van der Waals surface area (Å²) in [6.45, 7) is 5.52. The molecule has 3 aromatic heterocycles. The first-order chi connectivity index (χ1) is 19.1. The lowest BCUT2D eigenvalue weighted by atomic mass is 9.88. The number of rotatable bonds is 5. The molecule has 1 aliphatic heterocycles. The van der Waals surface area contributed by atoms with Crippen molar-refractivity contribution in [2.24, 2.45) is 0 Å². The van der Waals surface area contributed by atoms with Gasteiger partial charge in [-0.25, -0.2) is 19.3 Å². The molecule has 1 aromatic carbocycles. The number of aliphatic hydroxyl groups is 1. The summed E-state index contributed by atoms with van der Waals surface area (Å²) in [4.78, 5) is 26.4. The Hall–Kier alpha value is -4.03. The first-order valence-corrected chi connectivity index (χ1v) is 13.1. The molecule has 0 unspecified atom stereocenters. The Kier molecular flexibility index (Phi) is 5.30. The number of anilines is 2. The van der Waals surface area contributed by atoms with Gasteiger partial charge in [0.2, 0.25) is 11.5 Å². The van der Waals surface area contributed by atoms with Crippen LogP contribution in [-0.2, 0) is 30.5 Å². The van der Waals surface area contributed by atoms with Crippen LogP contribution in [0, 0.1) is 0 Å². The zero-order valence-corrected chi connectivity index (χ0v) is 21.4. The van der Waals surface area contributed by atoms with Crippen molar-refractivity contribution in [2.75, 3.05) is 11.9 Å². The van der Waals surface area contributed by atoms with E-state index >= 15 is 0 Å². The second-order valence-electron chi connectivity index (χ2n) is 10.8. The van der Waals surface area contributed by atoms with E-state index in [1.54, 1.807) is 0 Å². The van der Waals surface area contributed by atoms with Crippen molar-refractivity contribution in [1.82, 2.24) is 29.6 Å². The van der Waals surface area contributed by atoms with Crippen LogP contribution in [-0.4, -0.2) is 42.1 Å². The molecular weight excluding hydrogens is 523 g/mol. The molecule has 0 bridgehead atoms. The maximum absolute atomic E-state index is 13.8. The molecule has 1 atom stereocenters. The third-order valence-electron chi connectivity index (χ3n) is 8.34. The first kappa shape index (κ1) is 25.0. The van der Waals surface area contributed by atoms with E-state index in [4.69, 9.17) is 0 Å². The van der Waals surface area contributed by atoms with Crippen molar-refractivity contribution in [1.29, 1.82) is 0 Å². The Balaban J connectivity index is 1.32. The summed E-state index contributed by atoms with van der Waals surface area (Å²) < 4.78 is 44.1. The number of pyridine rings is 1. The van der Waals surface area contributed by atoms with Crippen molar-refractivity contribution in [3.8, 4) is 5.82 Å². The number of hydrogen-bond acceptors (Lipinski definition) is 7. The Morgan fingerprint density at radius 3 is 2.73 bits per heavy atom. The number of nitrogens with zero attached hydrogens (tertiary/aromatic N) is 5.